The summed E-state index contributed by atoms with van der Waals surface area (Å²) in [6, 6.07) is 11.4. The standard InChI is InChI=1S/C17H19N3O5/c1-13-12-15(19-10-8-18-9-11-19)4-7-17(13)24-25-23-16-5-2-14(3-6-16)20(21)22/h2-7,12,18H,8-11H2,1H3. The maximum atomic E-state index is 10.6. The molecule has 0 spiro atoms. The van der Waals surface area contributed by atoms with E-state index in [0.29, 0.717) is 11.5 Å². The maximum Gasteiger partial charge on any atom is 0.269 e. The van der Waals surface area contributed by atoms with E-state index in [1.165, 1.54) is 24.3 Å². The molecule has 1 saturated heterocycles. The number of rotatable bonds is 6. The molecule has 8 heteroatoms. The van der Waals surface area contributed by atoms with Crippen molar-refractivity contribution in [1.29, 1.82) is 0 Å². The van der Waals surface area contributed by atoms with Gasteiger partial charge in [-0.05, 0) is 42.8 Å². The lowest BCUT2D eigenvalue weighted by Gasteiger charge is -2.29. The van der Waals surface area contributed by atoms with Crippen molar-refractivity contribution in [2.45, 2.75) is 6.92 Å². The van der Waals surface area contributed by atoms with Crippen LogP contribution in [-0.2, 0) is 5.04 Å². The molecular weight excluding hydrogens is 326 g/mol. The topological polar surface area (TPSA) is 86.1 Å². The van der Waals surface area contributed by atoms with Crippen LogP contribution < -0.4 is 20.0 Å². The number of benzene rings is 2. The van der Waals surface area contributed by atoms with Gasteiger partial charge in [0.1, 0.15) is 0 Å². The highest BCUT2D eigenvalue weighted by atomic mass is 17.5. The van der Waals surface area contributed by atoms with E-state index in [4.69, 9.17) is 14.8 Å². The van der Waals surface area contributed by atoms with E-state index in [-0.39, 0.29) is 5.69 Å². The molecule has 0 atom stereocenters. The molecule has 132 valence electrons. The summed E-state index contributed by atoms with van der Waals surface area (Å²) in [4.78, 5) is 22.6. The van der Waals surface area contributed by atoms with Gasteiger partial charge >= 0.3 is 0 Å². The number of nitro benzene ring substituents is 1. The number of piperazine rings is 1. The molecule has 0 aliphatic carbocycles. The first kappa shape index (κ1) is 17.0. The van der Waals surface area contributed by atoms with Crippen LogP contribution >= 0.6 is 0 Å². The van der Waals surface area contributed by atoms with E-state index in [9.17, 15) is 10.1 Å². The van der Waals surface area contributed by atoms with Gasteiger partial charge in [0.25, 0.3) is 5.69 Å². The Morgan fingerprint density at radius 2 is 1.80 bits per heavy atom. The number of nitrogens with one attached hydrogen (secondary N) is 1. The zero-order chi connectivity index (χ0) is 17.6. The summed E-state index contributed by atoms with van der Waals surface area (Å²) in [5.74, 6) is 0.849. The minimum Gasteiger partial charge on any atom is -0.369 e. The summed E-state index contributed by atoms with van der Waals surface area (Å²) in [5, 5.41) is 18.7. The number of anilines is 1. The first-order valence-corrected chi connectivity index (χ1v) is 7.95. The van der Waals surface area contributed by atoms with Crippen LogP contribution in [0.1, 0.15) is 5.56 Å². The third-order valence-corrected chi connectivity index (χ3v) is 3.94. The average Bonchev–Trinajstić information content (AvgIpc) is 2.64. The minimum atomic E-state index is -0.482. The minimum absolute atomic E-state index is 0.0207. The van der Waals surface area contributed by atoms with Gasteiger partial charge in [0, 0.05) is 49.0 Å². The molecule has 25 heavy (non-hydrogen) atoms. The van der Waals surface area contributed by atoms with Crippen LogP contribution in [0.2, 0.25) is 0 Å². The molecule has 0 saturated carbocycles. The molecule has 0 aromatic heterocycles. The predicted octanol–water partition coefficient (Wildman–Crippen LogP) is 2.62. The Hall–Kier alpha value is -2.84. The van der Waals surface area contributed by atoms with Crippen molar-refractivity contribution in [2.75, 3.05) is 31.1 Å². The first-order chi connectivity index (χ1) is 12.1. The lowest BCUT2D eigenvalue weighted by atomic mass is 10.2. The number of non-ortho nitro benzene ring substituents is 1. The second kappa shape index (κ2) is 7.82. The Labute approximate surface area is 144 Å². The number of aryl methyl sites for hydroxylation is 1. The maximum absolute atomic E-state index is 10.6. The summed E-state index contributed by atoms with van der Waals surface area (Å²) in [6.45, 7) is 5.82. The molecule has 2 aromatic rings. The zero-order valence-electron chi connectivity index (χ0n) is 13.8. The lowest BCUT2D eigenvalue weighted by molar-refractivity contribution is -0.411. The average molecular weight is 345 g/mol. The molecule has 0 amide bonds. The van der Waals surface area contributed by atoms with E-state index in [0.717, 1.165) is 37.4 Å². The van der Waals surface area contributed by atoms with Crippen LogP contribution in [0.3, 0.4) is 0 Å². The fourth-order valence-corrected chi connectivity index (χ4v) is 2.56. The number of hydrogen-bond acceptors (Lipinski definition) is 7. The Balaban J connectivity index is 1.55. The quantitative estimate of drug-likeness (QED) is 0.489. The van der Waals surface area contributed by atoms with Gasteiger partial charge in [-0.3, -0.25) is 19.9 Å². The van der Waals surface area contributed by atoms with Crippen LogP contribution in [0.25, 0.3) is 0 Å². The summed E-state index contributed by atoms with van der Waals surface area (Å²) in [6.07, 6.45) is 0. The van der Waals surface area contributed by atoms with Gasteiger partial charge in [0.05, 0.1) is 4.92 Å². The molecule has 2 aromatic carbocycles. The van der Waals surface area contributed by atoms with Gasteiger partial charge in [-0.25, -0.2) is 0 Å². The van der Waals surface area contributed by atoms with Crippen LogP contribution in [0.15, 0.2) is 42.5 Å². The van der Waals surface area contributed by atoms with Crippen LogP contribution in [0.5, 0.6) is 11.5 Å². The fraction of sp³-hybridized carbons (Fsp3) is 0.294. The molecule has 1 aliphatic rings. The van der Waals surface area contributed by atoms with Crippen molar-refractivity contribution < 1.29 is 19.7 Å². The second-order valence-electron chi connectivity index (χ2n) is 5.67. The SMILES string of the molecule is Cc1cc(N2CCNCC2)ccc1OOOc1ccc([N+](=O)[O-])cc1. The fourth-order valence-electron chi connectivity index (χ4n) is 2.56. The molecule has 1 heterocycles. The van der Waals surface area contributed by atoms with Crippen molar-refractivity contribution >= 4 is 11.4 Å². The van der Waals surface area contributed by atoms with E-state index >= 15 is 0 Å². The molecule has 8 nitrogen and oxygen atoms in total. The van der Waals surface area contributed by atoms with Gasteiger partial charge in [-0.1, -0.05) is 0 Å². The number of nitrogens with zero attached hydrogens (tertiary/aromatic N) is 2. The Bertz CT molecular complexity index is 730. The summed E-state index contributed by atoms with van der Waals surface area (Å²) in [5.41, 5.74) is 2.04. The second-order valence-corrected chi connectivity index (χ2v) is 5.67. The highest BCUT2D eigenvalue weighted by molar-refractivity contribution is 5.53. The third-order valence-electron chi connectivity index (χ3n) is 3.94. The van der Waals surface area contributed by atoms with Crippen LogP contribution in [0, 0.1) is 17.0 Å². The Morgan fingerprint density at radius 1 is 1.08 bits per heavy atom. The van der Waals surface area contributed by atoms with Gasteiger partial charge in [-0.15, -0.1) is 0 Å². The number of nitro groups is 1. The van der Waals surface area contributed by atoms with E-state index in [1.807, 2.05) is 25.1 Å². The highest BCUT2D eigenvalue weighted by Crippen LogP contribution is 2.25. The van der Waals surface area contributed by atoms with E-state index in [1.54, 1.807) is 0 Å². The first-order valence-electron chi connectivity index (χ1n) is 7.95. The van der Waals surface area contributed by atoms with Crippen molar-refractivity contribution in [3.05, 3.63) is 58.1 Å². The van der Waals surface area contributed by atoms with Crippen LogP contribution in [-0.4, -0.2) is 31.1 Å². The van der Waals surface area contributed by atoms with Crippen molar-refractivity contribution in [3.8, 4) is 11.5 Å². The van der Waals surface area contributed by atoms with Crippen molar-refractivity contribution in [2.24, 2.45) is 0 Å². The van der Waals surface area contributed by atoms with Gasteiger partial charge in [-0.2, -0.15) is 0 Å². The highest BCUT2D eigenvalue weighted by Gasteiger charge is 2.12. The molecule has 0 unspecified atom stereocenters. The van der Waals surface area contributed by atoms with Gasteiger partial charge in [0.2, 0.25) is 0 Å². The third kappa shape index (κ3) is 4.37. The zero-order valence-corrected chi connectivity index (χ0v) is 13.8. The van der Waals surface area contributed by atoms with Crippen LogP contribution in [0.4, 0.5) is 11.4 Å². The predicted molar refractivity (Wildman–Crippen MR) is 91.7 cm³/mol. The molecule has 3 rings (SSSR count). The summed E-state index contributed by atoms with van der Waals surface area (Å²) in [7, 11) is 0. The van der Waals surface area contributed by atoms with E-state index < -0.39 is 4.92 Å². The summed E-state index contributed by atoms with van der Waals surface area (Å²) >= 11 is 0. The molecule has 0 bridgehead atoms. The Morgan fingerprint density at radius 3 is 2.44 bits per heavy atom. The normalized spacial score (nSPS) is 14.2. The molecular formula is C17H19N3O5. The lowest BCUT2D eigenvalue weighted by Crippen LogP contribution is -2.43. The molecule has 1 N–H and O–H groups in total. The smallest absolute Gasteiger partial charge is 0.269 e. The van der Waals surface area contributed by atoms with Crippen molar-refractivity contribution in [1.82, 2.24) is 5.32 Å². The Kier molecular flexibility index (Phi) is 5.32. The summed E-state index contributed by atoms with van der Waals surface area (Å²) < 4.78 is 0. The molecule has 1 fully saturated rings. The number of hydrogen-bond donors (Lipinski definition) is 1. The van der Waals surface area contributed by atoms with Gasteiger partial charge < -0.3 is 10.2 Å². The molecule has 0 radical (unpaired) electrons. The van der Waals surface area contributed by atoms with Gasteiger partial charge in [0.15, 0.2) is 11.5 Å². The monoisotopic (exact) mass is 345 g/mol. The largest absolute Gasteiger partial charge is 0.369 e. The van der Waals surface area contributed by atoms with Crippen molar-refractivity contribution in [3.63, 3.8) is 0 Å². The van der Waals surface area contributed by atoms with E-state index in [2.05, 4.69) is 10.2 Å². The molecule has 1 aliphatic heterocycles.